The molecule has 18 heavy (non-hydrogen) atoms. The molecule has 0 aliphatic carbocycles. The molecule has 3 N–H and O–H groups in total. The first-order chi connectivity index (χ1) is 8.29. The quantitative estimate of drug-likeness (QED) is 0.785. The van der Waals surface area contributed by atoms with Crippen molar-refractivity contribution in [2.45, 2.75) is 39.1 Å². The predicted molar refractivity (Wildman–Crippen MR) is 70.8 cm³/mol. The Morgan fingerprint density at radius 3 is 2.50 bits per heavy atom. The highest BCUT2D eigenvalue weighted by Crippen LogP contribution is 2.19. The van der Waals surface area contributed by atoms with Crippen LogP contribution in [-0.2, 0) is 16.6 Å². The third-order valence-electron chi connectivity index (χ3n) is 2.56. The SMILES string of the molecule is Cc1nn(CC(C)C)c(C)c1S(=O)(=O)NCCN. The Hall–Kier alpha value is -0.920. The van der Waals surface area contributed by atoms with E-state index < -0.39 is 10.0 Å². The van der Waals surface area contributed by atoms with E-state index in [2.05, 4.69) is 23.7 Å². The number of rotatable bonds is 6. The van der Waals surface area contributed by atoms with Crippen molar-refractivity contribution in [3.63, 3.8) is 0 Å². The maximum absolute atomic E-state index is 12.1. The lowest BCUT2D eigenvalue weighted by Crippen LogP contribution is -2.29. The van der Waals surface area contributed by atoms with Gasteiger partial charge in [0.05, 0.1) is 11.4 Å². The summed E-state index contributed by atoms with van der Waals surface area (Å²) in [4.78, 5) is 0.275. The van der Waals surface area contributed by atoms with E-state index in [4.69, 9.17) is 5.73 Å². The number of nitrogens with zero attached hydrogens (tertiary/aromatic N) is 2. The van der Waals surface area contributed by atoms with E-state index in [1.165, 1.54) is 0 Å². The highest BCUT2D eigenvalue weighted by atomic mass is 32.2. The Morgan fingerprint density at radius 1 is 1.39 bits per heavy atom. The van der Waals surface area contributed by atoms with Crippen LogP contribution in [0, 0.1) is 19.8 Å². The average Bonchev–Trinajstić information content (AvgIpc) is 2.51. The van der Waals surface area contributed by atoms with E-state index >= 15 is 0 Å². The van der Waals surface area contributed by atoms with Crippen LogP contribution in [0.2, 0.25) is 0 Å². The molecule has 0 aliphatic rings. The molecule has 0 fully saturated rings. The fourth-order valence-electron chi connectivity index (χ4n) is 1.86. The van der Waals surface area contributed by atoms with Crippen LogP contribution in [0.25, 0.3) is 0 Å². The first-order valence-electron chi connectivity index (χ1n) is 6.03. The Kier molecular flexibility index (Phi) is 4.89. The molecule has 0 radical (unpaired) electrons. The third kappa shape index (κ3) is 3.30. The average molecular weight is 274 g/mol. The van der Waals surface area contributed by atoms with Gasteiger partial charge in [-0.05, 0) is 19.8 Å². The Morgan fingerprint density at radius 2 is 2.00 bits per heavy atom. The largest absolute Gasteiger partial charge is 0.329 e. The van der Waals surface area contributed by atoms with Gasteiger partial charge < -0.3 is 5.73 Å². The fraction of sp³-hybridized carbons (Fsp3) is 0.727. The van der Waals surface area contributed by atoms with Gasteiger partial charge in [0.2, 0.25) is 10.0 Å². The number of hydrogen-bond donors (Lipinski definition) is 2. The number of nitrogens with two attached hydrogens (primary N) is 1. The van der Waals surface area contributed by atoms with Gasteiger partial charge in [0.25, 0.3) is 0 Å². The first kappa shape index (κ1) is 15.1. The molecular weight excluding hydrogens is 252 g/mol. The van der Waals surface area contributed by atoms with Gasteiger partial charge in [0, 0.05) is 19.6 Å². The maximum atomic E-state index is 12.1. The molecule has 104 valence electrons. The Labute approximate surface area is 109 Å². The van der Waals surface area contributed by atoms with E-state index in [0.29, 0.717) is 23.9 Å². The van der Waals surface area contributed by atoms with Gasteiger partial charge in [-0.2, -0.15) is 5.10 Å². The van der Waals surface area contributed by atoms with Gasteiger partial charge >= 0.3 is 0 Å². The summed E-state index contributed by atoms with van der Waals surface area (Å²) in [6.07, 6.45) is 0. The van der Waals surface area contributed by atoms with Gasteiger partial charge in [-0.3, -0.25) is 4.68 Å². The van der Waals surface area contributed by atoms with Crippen molar-refractivity contribution in [2.75, 3.05) is 13.1 Å². The van der Waals surface area contributed by atoms with E-state index in [0.717, 1.165) is 0 Å². The number of aromatic nitrogens is 2. The summed E-state index contributed by atoms with van der Waals surface area (Å²) in [7, 11) is -3.51. The van der Waals surface area contributed by atoms with E-state index in [-0.39, 0.29) is 18.0 Å². The van der Waals surface area contributed by atoms with Crippen molar-refractivity contribution in [1.29, 1.82) is 0 Å². The predicted octanol–water partition coefficient (Wildman–Crippen LogP) is 0.393. The minimum Gasteiger partial charge on any atom is -0.329 e. The highest BCUT2D eigenvalue weighted by Gasteiger charge is 2.24. The highest BCUT2D eigenvalue weighted by molar-refractivity contribution is 7.89. The summed E-state index contributed by atoms with van der Waals surface area (Å²) in [6.45, 7) is 8.84. The lowest BCUT2D eigenvalue weighted by atomic mass is 10.2. The summed E-state index contributed by atoms with van der Waals surface area (Å²) in [5.74, 6) is 0.413. The van der Waals surface area contributed by atoms with Crippen LogP contribution in [0.4, 0.5) is 0 Å². The van der Waals surface area contributed by atoms with E-state index in [9.17, 15) is 8.42 Å². The zero-order valence-corrected chi connectivity index (χ0v) is 12.2. The first-order valence-corrected chi connectivity index (χ1v) is 7.51. The van der Waals surface area contributed by atoms with Gasteiger partial charge in [0.1, 0.15) is 4.90 Å². The molecule has 1 aromatic heterocycles. The second kappa shape index (κ2) is 5.81. The normalized spacial score (nSPS) is 12.3. The summed E-state index contributed by atoms with van der Waals surface area (Å²) < 4.78 is 28.4. The molecule has 1 aromatic rings. The molecule has 1 rings (SSSR count). The van der Waals surface area contributed by atoms with Crippen LogP contribution in [0.3, 0.4) is 0 Å². The molecule has 0 saturated heterocycles. The number of nitrogens with one attached hydrogen (secondary N) is 1. The minimum atomic E-state index is -3.51. The second-order valence-corrected chi connectivity index (χ2v) is 6.47. The molecule has 0 aliphatic heterocycles. The maximum Gasteiger partial charge on any atom is 0.244 e. The van der Waals surface area contributed by atoms with Crippen LogP contribution < -0.4 is 10.5 Å². The molecule has 6 nitrogen and oxygen atoms in total. The molecule has 0 aromatic carbocycles. The Bertz CT molecular complexity index is 505. The van der Waals surface area contributed by atoms with Crippen LogP contribution in [-0.4, -0.2) is 31.3 Å². The monoisotopic (exact) mass is 274 g/mol. The van der Waals surface area contributed by atoms with E-state index in [1.54, 1.807) is 18.5 Å². The molecule has 0 spiro atoms. The summed E-state index contributed by atoms with van der Waals surface area (Å²) in [6, 6.07) is 0. The van der Waals surface area contributed by atoms with Crippen molar-refractivity contribution >= 4 is 10.0 Å². The van der Waals surface area contributed by atoms with Gasteiger partial charge in [-0.15, -0.1) is 0 Å². The standard InChI is InChI=1S/C11H22N4O2S/c1-8(2)7-15-10(4)11(9(3)14-15)18(16,17)13-6-5-12/h8,13H,5-7,12H2,1-4H3. The van der Waals surface area contributed by atoms with Crippen molar-refractivity contribution < 1.29 is 8.42 Å². The number of sulfonamides is 1. The van der Waals surface area contributed by atoms with Crippen LogP contribution >= 0.6 is 0 Å². The van der Waals surface area contributed by atoms with Crippen molar-refractivity contribution in [1.82, 2.24) is 14.5 Å². The molecule has 7 heteroatoms. The van der Waals surface area contributed by atoms with Gasteiger partial charge in [0.15, 0.2) is 0 Å². The molecule has 1 heterocycles. The topological polar surface area (TPSA) is 90.0 Å². The lowest BCUT2D eigenvalue weighted by molar-refractivity contribution is 0.471. The number of aryl methyl sites for hydroxylation is 1. The summed E-state index contributed by atoms with van der Waals surface area (Å²) in [5.41, 5.74) is 6.51. The van der Waals surface area contributed by atoms with Gasteiger partial charge in [-0.1, -0.05) is 13.8 Å². The molecule has 0 atom stereocenters. The Balaban J connectivity index is 3.13. The fourth-order valence-corrected chi connectivity index (χ4v) is 3.31. The zero-order chi connectivity index (χ0) is 13.9. The lowest BCUT2D eigenvalue weighted by Gasteiger charge is -2.08. The molecule has 0 saturated carbocycles. The van der Waals surface area contributed by atoms with Crippen LogP contribution in [0.15, 0.2) is 4.90 Å². The second-order valence-electron chi connectivity index (χ2n) is 4.76. The van der Waals surface area contributed by atoms with Crippen molar-refractivity contribution in [3.8, 4) is 0 Å². The van der Waals surface area contributed by atoms with Crippen LogP contribution in [0.5, 0.6) is 0 Å². The third-order valence-corrected chi connectivity index (χ3v) is 4.27. The number of hydrogen-bond acceptors (Lipinski definition) is 4. The smallest absolute Gasteiger partial charge is 0.244 e. The van der Waals surface area contributed by atoms with Crippen molar-refractivity contribution in [2.24, 2.45) is 11.7 Å². The molecule has 0 amide bonds. The molecule has 0 unspecified atom stereocenters. The molecule has 0 bridgehead atoms. The van der Waals surface area contributed by atoms with Crippen molar-refractivity contribution in [3.05, 3.63) is 11.4 Å². The molecular formula is C11H22N4O2S. The zero-order valence-electron chi connectivity index (χ0n) is 11.4. The summed E-state index contributed by atoms with van der Waals surface area (Å²) >= 11 is 0. The summed E-state index contributed by atoms with van der Waals surface area (Å²) in [5, 5.41) is 4.29. The van der Waals surface area contributed by atoms with Gasteiger partial charge in [-0.25, -0.2) is 13.1 Å². The van der Waals surface area contributed by atoms with Crippen LogP contribution in [0.1, 0.15) is 25.2 Å². The van der Waals surface area contributed by atoms with E-state index in [1.807, 2.05) is 0 Å². The minimum absolute atomic E-state index is 0.233.